The Balaban J connectivity index is 1.86. The summed E-state index contributed by atoms with van der Waals surface area (Å²) in [5, 5.41) is -0.876. The van der Waals surface area contributed by atoms with Crippen LogP contribution in [0.2, 0.25) is 0 Å². The highest BCUT2D eigenvalue weighted by Crippen LogP contribution is 2.50. The van der Waals surface area contributed by atoms with Crippen LogP contribution >= 0.6 is 11.8 Å². The molecule has 0 spiro atoms. The van der Waals surface area contributed by atoms with Crippen molar-refractivity contribution in [2.24, 2.45) is 0 Å². The molecule has 3 saturated heterocycles. The second-order valence-corrected chi connectivity index (χ2v) is 7.46. The summed E-state index contributed by atoms with van der Waals surface area (Å²) in [7, 11) is 1.63. The van der Waals surface area contributed by atoms with Gasteiger partial charge in [0.05, 0.1) is 6.61 Å². The molecule has 7 heteroatoms. The first-order valence-corrected chi connectivity index (χ1v) is 8.40. The summed E-state index contributed by atoms with van der Waals surface area (Å²) in [4.78, 5) is 0. The van der Waals surface area contributed by atoms with Crippen LogP contribution in [0.5, 0.6) is 0 Å². The molecule has 0 bridgehead atoms. The van der Waals surface area contributed by atoms with Crippen LogP contribution in [0, 0.1) is 0 Å². The topological polar surface area (TPSA) is 55.4 Å². The van der Waals surface area contributed by atoms with E-state index in [2.05, 4.69) is 0 Å². The highest BCUT2D eigenvalue weighted by Gasteiger charge is 2.66. The van der Waals surface area contributed by atoms with Crippen LogP contribution in [0.3, 0.4) is 0 Å². The predicted molar refractivity (Wildman–Crippen MR) is 76.9 cm³/mol. The highest BCUT2D eigenvalue weighted by atomic mass is 32.2. The van der Waals surface area contributed by atoms with Gasteiger partial charge in [-0.25, -0.2) is 0 Å². The van der Waals surface area contributed by atoms with Crippen LogP contribution in [-0.2, 0) is 28.4 Å². The monoisotopic (exact) mass is 320 g/mol. The molecule has 0 aromatic rings. The molecule has 3 rings (SSSR count). The van der Waals surface area contributed by atoms with E-state index in [1.807, 2.05) is 34.0 Å². The second-order valence-electron chi connectivity index (χ2n) is 6.48. The maximum Gasteiger partial charge on any atom is 0.248 e. The number of thioether (sulfide) groups is 1. The lowest BCUT2D eigenvalue weighted by atomic mass is 10.1. The van der Waals surface area contributed by atoms with Gasteiger partial charge in [-0.3, -0.25) is 0 Å². The molecular weight excluding hydrogens is 296 g/mol. The Bertz CT molecular complexity index is 408. The van der Waals surface area contributed by atoms with Gasteiger partial charge in [-0.2, -0.15) is 0 Å². The summed E-state index contributed by atoms with van der Waals surface area (Å²) in [6.07, 6.45) is 0.910. The molecule has 3 heterocycles. The van der Waals surface area contributed by atoms with E-state index in [9.17, 15) is 0 Å². The van der Waals surface area contributed by atoms with E-state index in [-0.39, 0.29) is 24.4 Å². The van der Waals surface area contributed by atoms with E-state index in [0.29, 0.717) is 6.61 Å². The first-order chi connectivity index (χ1) is 9.72. The quantitative estimate of drug-likeness (QED) is 0.734. The average Bonchev–Trinajstić information content (AvgIpc) is 2.99. The zero-order valence-corrected chi connectivity index (χ0v) is 14.2. The van der Waals surface area contributed by atoms with Gasteiger partial charge in [-0.1, -0.05) is 11.8 Å². The van der Waals surface area contributed by atoms with Crippen molar-refractivity contribution in [2.45, 2.75) is 68.8 Å². The third kappa shape index (κ3) is 2.63. The number of hydrogen-bond acceptors (Lipinski definition) is 7. The third-order valence-corrected chi connectivity index (χ3v) is 5.13. The Kier molecular flexibility index (Phi) is 3.85. The normalized spacial score (nSPS) is 47.7. The molecule has 122 valence electrons. The predicted octanol–water partition coefficient (Wildman–Crippen LogP) is 1.72. The van der Waals surface area contributed by atoms with Gasteiger partial charge < -0.3 is 28.4 Å². The first kappa shape index (κ1) is 16.0. The fourth-order valence-electron chi connectivity index (χ4n) is 3.20. The van der Waals surface area contributed by atoms with Crippen LogP contribution in [0.15, 0.2) is 0 Å². The van der Waals surface area contributed by atoms with Gasteiger partial charge >= 0.3 is 0 Å². The molecule has 0 aliphatic carbocycles. The lowest BCUT2D eigenvalue weighted by molar-refractivity contribution is -0.255. The molecule has 3 aliphatic rings. The van der Waals surface area contributed by atoms with Gasteiger partial charge in [0, 0.05) is 7.11 Å². The van der Waals surface area contributed by atoms with Gasteiger partial charge in [0.1, 0.15) is 18.3 Å². The maximum atomic E-state index is 6.17. The molecule has 0 aromatic carbocycles. The SMILES string of the molecule is CO[C@@]1(SC)O[C@H]([C@H]2COC(C)(C)O2)[C@@H]2OC(C)(C)O[C@@H]21. The molecule has 0 aromatic heterocycles. The smallest absolute Gasteiger partial charge is 0.248 e. The third-order valence-electron chi connectivity index (χ3n) is 4.07. The van der Waals surface area contributed by atoms with E-state index < -0.39 is 16.7 Å². The van der Waals surface area contributed by atoms with Gasteiger partial charge in [-0.15, -0.1) is 0 Å². The second kappa shape index (κ2) is 5.06. The molecule has 0 amide bonds. The number of fused-ring (bicyclic) bond motifs is 1. The van der Waals surface area contributed by atoms with Crippen molar-refractivity contribution in [2.75, 3.05) is 20.0 Å². The minimum atomic E-state index is -0.876. The van der Waals surface area contributed by atoms with Crippen LogP contribution in [0.4, 0.5) is 0 Å². The van der Waals surface area contributed by atoms with Crippen molar-refractivity contribution in [1.29, 1.82) is 0 Å². The summed E-state index contributed by atoms with van der Waals surface area (Å²) in [6, 6.07) is 0. The summed E-state index contributed by atoms with van der Waals surface area (Å²) >= 11 is 1.47. The van der Waals surface area contributed by atoms with Gasteiger partial charge in [0.2, 0.25) is 5.12 Å². The van der Waals surface area contributed by atoms with Crippen molar-refractivity contribution < 1.29 is 28.4 Å². The van der Waals surface area contributed by atoms with E-state index >= 15 is 0 Å². The number of rotatable bonds is 3. The van der Waals surface area contributed by atoms with E-state index in [1.165, 1.54) is 11.8 Å². The molecule has 6 nitrogen and oxygen atoms in total. The Hall–Kier alpha value is 0.110. The zero-order chi connectivity index (χ0) is 15.5. The Morgan fingerprint density at radius 1 is 0.952 bits per heavy atom. The number of ether oxygens (including phenoxy) is 6. The largest absolute Gasteiger partial charge is 0.348 e. The van der Waals surface area contributed by atoms with Crippen molar-refractivity contribution in [3.8, 4) is 0 Å². The van der Waals surface area contributed by atoms with E-state index in [4.69, 9.17) is 28.4 Å². The van der Waals surface area contributed by atoms with Crippen molar-refractivity contribution in [3.05, 3.63) is 0 Å². The number of hydrogen-bond donors (Lipinski definition) is 0. The highest BCUT2D eigenvalue weighted by molar-refractivity contribution is 7.99. The standard InChI is InChI=1S/C14H24O6S/c1-12(2)16-7-8(17-12)9-10-11(20-13(3,4)18-10)14(15-5,19-9)21-6/h8-11H,7H2,1-6H3/t8-,9-,10+,11+,14-/m1/s1. The summed E-state index contributed by atoms with van der Waals surface area (Å²) < 4.78 is 35.5. The summed E-state index contributed by atoms with van der Waals surface area (Å²) in [5.41, 5.74) is 0. The average molecular weight is 320 g/mol. The fraction of sp³-hybridized carbons (Fsp3) is 1.00. The zero-order valence-electron chi connectivity index (χ0n) is 13.4. The lowest BCUT2D eigenvalue weighted by Gasteiger charge is -2.32. The van der Waals surface area contributed by atoms with Crippen molar-refractivity contribution in [3.63, 3.8) is 0 Å². The van der Waals surface area contributed by atoms with Gasteiger partial charge in [0.15, 0.2) is 17.7 Å². The molecule has 0 saturated carbocycles. The number of methoxy groups -OCH3 is 1. The lowest BCUT2D eigenvalue weighted by Crippen LogP contribution is -2.42. The molecule has 0 radical (unpaired) electrons. The molecule has 21 heavy (non-hydrogen) atoms. The molecule has 0 N–H and O–H groups in total. The maximum absolute atomic E-state index is 6.17. The van der Waals surface area contributed by atoms with Crippen molar-refractivity contribution in [1.82, 2.24) is 0 Å². The van der Waals surface area contributed by atoms with Gasteiger partial charge in [-0.05, 0) is 34.0 Å². The minimum absolute atomic E-state index is 0.200. The van der Waals surface area contributed by atoms with Crippen LogP contribution in [0.1, 0.15) is 27.7 Å². The van der Waals surface area contributed by atoms with Gasteiger partial charge in [0.25, 0.3) is 0 Å². The Morgan fingerprint density at radius 3 is 2.19 bits per heavy atom. The van der Waals surface area contributed by atoms with Crippen molar-refractivity contribution >= 4 is 11.8 Å². The Morgan fingerprint density at radius 2 is 1.67 bits per heavy atom. The van der Waals surface area contributed by atoms with Crippen LogP contribution in [-0.4, -0.2) is 61.1 Å². The van der Waals surface area contributed by atoms with Crippen LogP contribution in [0.25, 0.3) is 0 Å². The molecule has 3 fully saturated rings. The van der Waals surface area contributed by atoms with E-state index in [0.717, 1.165) is 0 Å². The van der Waals surface area contributed by atoms with E-state index in [1.54, 1.807) is 7.11 Å². The fourth-order valence-corrected chi connectivity index (χ4v) is 3.99. The summed E-state index contributed by atoms with van der Waals surface area (Å²) in [5.74, 6) is -1.26. The first-order valence-electron chi connectivity index (χ1n) is 7.17. The molecule has 3 aliphatic heterocycles. The summed E-state index contributed by atoms with van der Waals surface area (Å²) in [6.45, 7) is 8.07. The Labute approximate surface area is 129 Å². The molecule has 5 atom stereocenters. The molecule has 0 unspecified atom stereocenters. The van der Waals surface area contributed by atoms with Crippen LogP contribution < -0.4 is 0 Å². The molecular formula is C14H24O6S. The minimum Gasteiger partial charge on any atom is -0.348 e.